The Labute approximate surface area is 131 Å². The Morgan fingerprint density at radius 1 is 0.810 bits per heavy atom. The van der Waals surface area contributed by atoms with Crippen molar-refractivity contribution in [3.05, 3.63) is 69.7 Å². The van der Waals surface area contributed by atoms with E-state index in [9.17, 15) is 9.59 Å². The second-order valence-electron chi connectivity index (χ2n) is 4.97. The fourth-order valence-electron chi connectivity index (χ4n) is 2.70. The van der Waals surface area contributed by atoms with Gasteiger partial charge in [-0.1, -0.05) is 47.5 Å². The van der Waals surface area contributed by atoms with E-state index >= 15 is 0 Å². The van der Waals surface area contributed by atoms with Crippen molar-refractivity contribution in [1.82, 2.24) is 5.32 Å². The summed E-state index contributed by atoms with van der Waals surface area (Å²) in [5.41, 5.74) is 0.446. The minimum Gasteiger partial charge on any atom is -0.295 e. The summed E-state index contributed by atoms with van der Waals surface area (Å²) in [6.45, 7) is 0. The summed E-state index contributed by atoms with van der Waals surface area (Å²) in [6, 6.07) is 13.9. The first-order valence-corrected chi connectivity index (χ1v) is 7.14. The van der Waals surface area contributed by atoms with Gasteiger partial charge in [-0.2, -0.15) is 0 Å². The van der Waals surface area contributed by atoms with Crippen LogP contribution in [-0.2, 0) is 15.0 Å². The highest BCUT2D eigenvalue weighted by atomic mass is 35.5. The van der Waals surface area contributed by atoms with Crippen LogP contribution in [0.25, 0.3) is 0 Å². The molecule has 3 rings (SSSR count). The van der Waals surface area contributed by atoms with Crippen LogP contribution in [0.3, 0.4) is 0 Å². The molecule has 1 fully saturated rings. The Kier molecular flexibility index (Phi) is 3.47. The number of carbonyl (C=O) groups is 2. The van der Waals surface area contributed by atoms with E-state index in [1.54, 1.807) is 48.5 Å². The zero-order chi connectivity index (χ0) is 15.0. The Balaban J connectivity index is 2.20. The number of benzene rings is 2. The van der Waals surface area contributed by atoms with Gasteiger partial charge in [0.05, 0.1) is 0 Å². The number of hydrogen-bond donors (Lipinski definition) is 1. The van der Waals surface area contributed by atoms with E-state index in [-0.39, 0.29) is 18.2 Å². The van der Waals surface area contributed by atoms with E-state index in [0.29, 0.717) is 10.0 Å². The fraction of sp³-hybridized carbons (Fsp3) is 0.125. The molecule has 0 saturated carbocycles. The van der Waals surface area contributed by atoms with E-state index in [4.69, 9.17) is 23.2 Å². The Bertz CT molecular complexity index is 663. The quantitative estimate of drug-likeness (QED) is 0.863. The van der Waals surface area contributed by atoms with Gasteiger partial charge in [0.1, 0.15) is 5.41 Å². The molecule has 0 aliphatic carbocycles. The van der Waals surface area contributed by atoms with E-state index < -0.39 is 5.41 Å². The van der Waals surface area contributed by atoms with Crippen LogP contribution in [0.4, 0.5) is 0 Å². The van der Waals surface area contributed by atoms with Crippen LogP contribution in [0.2, 0.25) is 10.0 Å². The molecule has 1 aliphatic heterocycles. The third-order valence-electron chi connectivity index (χ3n) is 3.74. The normalized spacial score (nSPS) is 16.9. The summed E-state index contributed by atoms with van der Waals surface area (Å²) in [5, 5.41) is 3.55. The van der Waals surface area contributed by atoms with Crippen molar-refractivity contribution in [1.29, 1.82) is 0 Å². The van der Waals surface area contributed by atoms with Gasteiger partial charge in [0.2, 0.25) is 11.8 Å². The van der Waals surface area contributed by atoms with Crippen molar-refractivity contribution in [3.63, 3.8) is 0 Å². The molecule has 1 heterocycles. The number of amides is 2. The van der Waals surface area contributed by atoms with Gasteiger partial charge in [-0.25, -0.2) is 0 Å². The molecule has 2 aromatic rings. The monoisotopic (exact) mass is 319 g/mol. The third kappa shape index (κ3) is 2.33. The molecule has 1 aliphatic rings. The lowest BCUT2D eigenvalue weighted by Gasteiger charge is -2.26. The van der Waals surface area contributed by atoms with Crippen molar-refractivity contribution >= 4 is 35.0 Å². The van der Waals surface area contributed by atoms with Crippen molar-refractivity contribution in [2.45, 2.75) is 11.8 Å². The maximum Gasteiger partial charge on any atom is 0.242 e. The number of nitrogens with one attached hydrogen (secondary N) is 1. The Morgan fingerprint density at radius 2 is 1.24 bits per heavy atom. The minimum atomic E-state index is -1.02. The van der Waals surface area contributed by atoms with Gasteiger partial charge < -0.3 is 0 Å². The van der Waals surface area contributed by atoms with Gasteiger partial charge in [0, 0.05) is 16.5 Å². The van der Waals surface area contributed by atoms with E-state index in [1.165, 1.54) is 0 Å². The molecular formula is C16H11Cl2NO2. The van der Waals surface area contributed by atoms with Crippen LogP contribution >= 0.6 is 23.2 Å². The van der Waals surface area contributed by atoms with Crippen molar-refractivity contribution in [2.24, 2.45) is 0 Å². The number of carbonyl (C=O) groups excluding carboxylic acids is 2. The van der Waals surface area contributed by atoms with Crippen LogP contribution in [0, 0.1) is 0 Å². The molecule has 0 spiro atoms. The Hall–Kier alpha value is -1.84. The molecule has 2 aromatic carbocycles. The molecule has 0 unspecified atom stereocenters. The molecule has 21 heavy (non-hydrogen) atoms. The lowest BCUT2D eigenvalue weighted by Crippen LogP contribution is -2.36. The van der Waals surface area contributed by atoms with Crippen LogP contribution in [-0.4, -0.2) is 11.8 Å². The lowest BCUT2D eigenvalue weighted by molar-refractivity contribution is -0.125. The molecule has 1 N–H and O–H groups in total. The van der Waals surface area contributed by atoms with Crippen molar-refractivity contribution in [3.8, 4) is 0 Å². The molecule has 0 bridgehead atoms. The van der Waals surface area contributed by atoms with Crippen molar-refractivity contribution < 1.29 is 9.59 Å². The van der Waals surface area contributed by atoms with Gasteiger partial charge in [-0.05, 0) is 35.4 Å². The summed E-state index contributed by atoms with van der Waals surface area (Å²) in [4.78, 5) is 24.2. The summed E-state index contributed by atoms with van der Waals surface area (Å²) < 4.78 is 0. The zero-order valence-electron chi connectivity index (χ0n) is 10.9. The van der Waals surface area contributed by atoms with Gasteiger partial charge in [-0.3, -0.25) is 14.9 Å². The molecular weight excluding hydrogens is 309 g/mol. The maximum absolute atomic E-state index is 12.5. The average molecular weight is 320 g/mol. The maximum atomic E-state index is 12.5. The first-order valence-electron chi connectivity index (χ1n) is 6.39. The largest absolute Gasteiger partial charge is 0.295 e. The van der Waals surface area contributed by atoms with Gasteiger partial charge in [0.25, 0.3) is 0 Å². The molecule has 1 saturated heterocycles. The number of halogens is 2. The number of imide groups is 1. The second-order valence-corrected chi connectivity index (χ2v) is 5.85. The predicted molar refractivity (Wildman–Crippen MR) is 81.5 cm³/mol. The van der Waals surface area contributed by atoms with Gasteiger partial charge >= 0.3 is 0 Å². The first-order chi connectivity index (χ1) is 10.0. The molecule has 2 amide bonds. The van der Waals surface area contributed by atoms with Crippen LogP contribution < -0.4 is 5.32 Å². The van der Waals surface area contributed by atoms with Crippen molar-refractivity contribution in [2.75, 3.05) is 0 Å². The first kappa shape index (κ1) is 14.1. The zero-order valence-corrected chi connectivity index (χ0v) is 12.4. The Morgan fingerprint density at radius 3 is 1.57 bits per heavy atom. The second kappa shape index (κ2) is 5.17. The summed E-state index contributed by atoms with van der Waals surface area (Å²) in [6.07, 6.45) is 0.0785. The highest BCUT2D eigenvalue weighted by Gasteiger charge is 2.49. The van der Waals surface area contributed by atoms with Crippen LogP contribution in [0.15, 0.2) is 48.5 Å². The van der Waals surface area contributed by atoms with E-state index in [1.807, 2.05) is 0 Å². The molecule has 0 aromatic heterocycles. The molecule has 0 atom stereocenters. The standard InChI is InChI=1S/C16H11Cl2NO2/c17-12-5-1-10(2-6-12)16(9-14(20)19-15(16)21)11-3-7-13(18)8-4-11/h1-8H,9H2,(H,19,20,21). The highest BCUT2D eigenvalue weighted by molar-refractivity contribution is 6.31. The summed E-state index contributed by atoms with van der Waals surface area (Å²) >= 11 is 11.8. The topological polar surface area (TPSA) is 46.2 Å². The van der Waals surface area contributed by atoms with Gasteiger partial charge in [-0.15, -0.1) is 0 Å². The van der Waals surface area contributed by atoms with Gasteiger partial charge in [0.15, 0.2) is 0 Å². The molecule has 3 nitrogen and oxygen atoms in total. The van der Waals surface area contributed by atoms with E-state index in [2.05, 4.69) is 5.32 Å². The van der Waals surface area contributed by atoms with E-state index in [0.717, 1.165) is 11.1 Å². The minimum absolute atomic E-state index is 0.0785. The number of hydrogen-bond acceptors (Lipinski definition) is 2. The fourth-order valence-corrected chi connectivity index (χ4v) is 2.95. The molecule has 106 valence electrons. The van der Waals surface area contributed by atoms with Crippen LogP contribution in [0.1, 0.15) is 17.5 Å². The third-order valence-corrected chi connectivity index (χ3v) is 4.24. The molecule has 0 radical (unpaired) electrons. The average Bonchev–Trinajstić information content (AvgIpc) is 2.76. The SMILES string of the molecule is O=C1CC(c2ccc(Cl)cc2)(c2ccc(Cl)cc2)C(=O)N1. The summed E-state index contributed by atoms with van der Waals surface area (Å²) in [5.74, 6) is -0.609. The van der Waals surface area contributed by atoms with Crippen LogP contribution in [0.5, 0.6) is 0 Å². The smallest absolute Gasteiger partial charge is 0.242 e. The predicted octanol–water partition coefficient (Wildman–Crippen LogP) is 3.33. The molecule has 5 heteroatoms. The highest BCUT2D eigenvalue weighted by Crippen LogP contribution is 2.39. The number of rotatable bonds is 2. The summed E-state index contributed by atoms with van der Waals surface area (Å²) in [7, 11) is 0. The lowest BCUT2D eigenvalue weighted by atomic mass is 9.73.